The molecule has 1 spiro atoms. The van der Waals surface area contributed by atoms with Crippen LogP contribution in [-0.2, 0) is 28.6 Å². The highest BCUT2D eigenvalue weighted by Crippen LogP contribution is 2.62. The third-order valence-corrected chi connectivity index (χ3v) is 15.6. The maximum Gasteiger partial charge on any atom is 0.334 e. The molecule has 0 radical (unpaired) electrons. The zero-order chi connectivity index (χ0) is 33.1. The van der Waals surface area contributed by atoms with E-state index in [2.05, 4.69) is 30.1 Å². The molecule has 0 bridgehead atoms. The maximum absolute atomic E-state index is 14.0. The second kappa shape index (κ2) is 13.3. The van der Waals surface area contributed by atoms with Gasteiger partial charge in [0, 0.05) is 73.6 Å². The molecule has 1 saturated carbocycles. The predicted molar refractivity (Wildman–Crippen MR) is 183 cm³/mol. The number of amides is 1. The third kappa shape index (κ3) is 6.02. The molecule has 12 atom stereocenters. The highest BCUT2D eigenvalue weighted by atomic mass is 33.1. The van der Waals surface area contributed by atoms with E-state index in [-0.39, 0.29) is 59.9 Å². The van der Waals surface area contributed by atoms with Crippen molar-refractivity contribution in [3.8, 4) is 0 Å². The molecule has 2 aliphatic carbocycles. The van der Waals surface area contributed by atoms with E-state index in [1.54, 1.807) is 0 Å². The quantitative estimate of drug-likeness (QED) is 0.196. The number of fused-ring (bicyclic) bond motifs is 7. The lowest BCUT2D eigenvalue weighted by atomic mass is 9.56. The molecular weight excluding hydrogens is 635 g/mol. The van der Waals surface area contributed by atoms with Crippen LogP contribution in [0.15, 0.2) is 23.3 Å². The molecule has 7 rings (SSSR count). The molecule has 0 aromatic rings. The van der Waals surface area contributed by atoms with E-state index in [1.165, 1.54) is 5.57 Å². The zero-order valence-corrected chi connectivity index (χ0v) is 30.1. The fourth-order valence-electron chi connectivity index (χ4n) is 10.3. The Balaban J connectivity index is 1.30. The summed E-state index contributed by atoms with van der Waals surface area (Å²) in [5.74, 6) is 3.08. The highest BCUT2D eigenvalue weighted by Gasteiger charge is 2.68. The maximum atomic E-state index is 14.0. The number of hydrogen-bond donors (Lipinski definition) is 2. The molecule has 7 aliphatic rings. The number of esters is 2. The van der Waals surface area contributed by atoms with Gasteiger partial charge in [0.15, 0.2) is 0 Å². The molecular formula is C36H54N3O6S2+. The molecule has 0 aromatic heterocycles. The molecule has 260 valence electrons. The average molecular weight is 689 g/mol. The summed E-state index contributed by atoms with van der Waals surface area (Å²) in [6.45, 7) is 9.67. The summed E-state index contributed by atoms with van der Waals surface area (Å²) in [5.41, 5.74) is 7.01. The number of quaternary nitrogens is 1. The van der Waals surface area contributed by atoms with Gasteiger partial charge in [-0.25, -0.2) is 4.79 Å². The van der Waals surface area contributed by atoms with Crippen LogP contribution in [0.3, 0.4) is 0 Å². The number of rotatable bonds is 3. The van der Waals surface area contributed by atoms with Gasteiger partial charge in [0.05, 0.1) is 12.6 Å². The summed E-state index contributed by atoms with van der Waals surface area (Å²) in [7, 11) is 3.78. The number of ether oxygens (including phenoxy) is 3. The van der Waals surface area contributed by atoms with Gasteiger partial charge in [0.2, 0.25) is 5.91 Å². The monoisotopic (exact) mass is 688 g/mol. The summed E-state index contributed by atoms with van der Waals surface area (Å²) in [6, 6.07) is 0.316. The average Bonchev–Trinajstić information content (AvgIpc) is 3.40. The number of allylic oxidation sites excluding steroid dienone is 1. The normalized spacial score (nSPS) is 45.4. The van der Waals surface area contributed by atoms with Crippen LogP contribution in [0.5, 0.6) is 0 Å². The Morgan fingerprint density at radius 2 is 2.02 bits per heavy atom. The first-order chi connectivity index (χ1) is 22.6. The van der Waals surface area contributed by atoms with Crippen LogP contribution >= 0.6 is 21.6 Å². The Bertz CT molecular complexity index is 1330. The number of nitrogens with two attached hydrogens (primary N) is 2. The zero-order valence-electron chi connectivity index (χ0n) is 28.5. The van der Waals surface area contributed by atoms with Gasteiger partial charge in [-0.3, -0.25) is 15.3 Å². The smallest absolute Gasteiger partial charge is 0.334 e. The van der Waals surface area contributed by atoms with Crippen LogP contribution in [0.2, 0.25) is 0 Å². The second-order valence-electron chi connectivity index (χ2n) is 15.7. The Labute approximate surface area is 287 Å². The van der Waals surface area contributed by atoms with Crippen molar-refractivity contribution in [2.75, 3.05) is 24.6 Å². The van der Waals surface area contributed by atoms with Gasteiger partial charge < -0.3 is 24.4 Å². The van der Waals surface area contributed by atoms with E-state index >= 15 is 0 Å². The molecule has 5 aliphatic heterocycles. The summed E-state index contributed by atoms with van der Waals surface area (Å²) < 4.78 is 20.0. The van der Waals surface area contributed by atoms with Crippen molar-refractivity contribution >= 4 is 39.4 Å². The first-order valence-electron chi connectivity index (χ1n) is 18.1. The van der Waals surface area contributed by atoms with Crippen molar-refractivity contribution in [1.29, 1.82) is 0 Å². The number of nitrogens with zero attached hydrogens (tertiary/aromatic N) is 1. The fourth-order valence-corrected chi connectivity index (χ4v) is 12.9. The third-order valence-electron chi connectivity index (χ3n) is 13.2. The van der Waals surface area contributed by atoms with Crippen LogP contribution in [0.4, 0.5) is 0 Å². The molecule has 1 amide bonds. The Morgan fingerprint density at radius 1 is 1.19 bits per heavy atom. The summed E-state index contributed by atoms with van der Waals surface area (Å²) in [6.07, 6.45) is 10.6. The topological polar surface area (TPSA) is 125 Å². The molecule has 47 heavy (non-hydrogen) atoms. The Kier molecular flexibility index (Phi) is 9.61. The summed E-state index contributed by atoms with van der Waals surface area (Å²) in [4.78, 5) is 42.1. The fraction of sp³-hybridized carbons (Fsp3) is 0.806. The predicted octanol–water partition coefficient (Wildman–Crippen LogP) is 3.97. The Morgan fingerprint density at radius 3 is 2.81 bits per heavy atom. The molecule has 6 fully saturated rings. The standard InChI is InChI=1S/C36H53N3O6S2/c1-5-20(3)34(42)45-35(4)10-9-23-18-46-47-19-27-21(6-2)17-39(27)31(40)12-25-16-38-30(37)13-26(25)33(23)36(35)15-24-11-22-7-8-32(41)43-28(22)14-29(24)44-36/h5,9,21-22,24-30,33,38H,6-8,10-19,37H2,1-4H3/p+1. The van der Waals surface area contributed by atoms with Gasteiger partial charge in [0.25, 0.3) is 0 Å². The van der Waals surface area contributed by atoms with E-state index in [9.17, 15) is 14.4 Å². The van der Waals surface area contributed by atoms with Gasteiger partial charge in [-0.2, -0.15) is 0 Å². The minimum Gasteiger partial charge on any atom is -0.462 e. The molecule has 11 heteroatoms. The lowest BCUT2D eigenvalue weighted by molar-refractivity contribution is -0.706. The lowest BCUT2D eigenvalue weighted by Gasteiger charge is -2.56. The van der Waals surface area contributed by atoms with Crippen molar-refractivity contribution in [1.82, 2.24) is 4.90 Å². The summed E-state index contributed by atoms with van der Waals surface area (Å²) >= 11 is 0. The van der Waals surface area contributed by atoms with E-state index < -0.39 is 11.2 Å². The van der Waals surface area contributed by atoms with E-state index in [4.69, 9.17) is 19.9 Å². The van der Waals surface area contributed by atoms with E-state index in [0.29, 0.717) is 49.1 Å². The number of carbonyl (C=O) groups is 3. The molecule has 5 heterocycles. The van der Waals surface area contributed by atoms with E-state index in [0.717, 1.165) is 56.7 Å². The SMILES string of the molecule is CC=C(C)C(=O)OC1(C)CC=C2CSSCC3C(CC)CN3C(=O)CC3C[NH2+]C(N)CC3C2C12CC1CC3CCC(=O)OC3CC1O2. The summed E-state index contributed by atoms with van der Waals surface area (Å²) in [5, 5.41) is 2.22. The van der Waals surface area contributed by atoms with Gasteiger partial charge in [-0.05, 0) is 70.1 Å². The van der Waals surface area contributed by atoms with Gasteiger partial charge in [-0.1, -0.05) is 46.2 Å². The second-order valence-corrected chi connectivity index (χ2v) is 18.2. The van der Waals surface area contributed by atoms with Crippen LogP contribution in [0, 0.1) is 35.5 Å². The molecule has 4 N–H and O–H groups in total. The first-order valence-corrected chi connectivity index (χ1v) is 20.6. The highest BCUT2D eigenvalue weighted by molar-refractivity contribution is 8.76. The molecule has 12 unspecified atom stereocenters. The van der Waals surface area contributed by atoms with Crippen molar-refractivity contribution in [3.63, 3.8) is 0 Å². The van der Waals surface area contributed by atoms with Crippen molar-refractivity contribution in [2.24, 2.45) is 41.2 Å². The van der Waals surface area contributed by atoms with Crippen LogP contribution in [0.25, 0.3) is 0 Å². The van der Waals surface area contributed by atoms with Crippen molar-refractivity contribution < 1.29 is 33.9 Å². The lowest BCUT2D eigenvalue weighted by Crippen LogP contribution is -2.96. The number of hydrogen-bond acceptors (Lipinski definition) is 9. The molecule has 9 nitrogen and oxygen atoms in total. The number of piperidine rings is 1. The number of carbonyl (C=O) groups excluding carboxylic acids is 3. The van der Waals surface area contributed by atoms with Crippen molar-refractivity contribution in [2.45, 2.75) is 121 Å². The molecule has 5 saturated heterocycles. The Hall–Kier alpha value is -1.53. The van der Waals surface area contributed by atoms with Gasteiger partial charge >= 0.3 is 11.9 Å². The minimum absolute atomic E-state index is 0.0456. The van der Waals surface area contributed by atoms with Crippen LogP contribution < -0.4 is 11.1 Å². The minimum atomic E-state index is -0.909. The van der Waals surface area contributed by atoms with Crippen LogP contribution in [0.1, 0.15) is 85.5 Å². The molecule has 0 aromatic carbocycles. The van der Waals surface area contributed by atoms with Crippen molar-refractivity contribution in [3.05, 3.63) is 23.3 Å². The van der Waals surface area contributed by atoms with Crippen LogP contribution in [-0.4, -0.2) is 83.0 Å². The van der Waals surface area contributed by atoms with Gasteiger partial charge in [0.1, 0.15) is 23.5 Å². The van der Waals surface area contributed by atoms with Gasteiger partial charge in [-0.15, -0.1) is 0 Å². The largest absolute Gasteiger partial charge is 0.462 e. The first kappa shape index (κ1) is 33.9. The van der Waals surface area contributed by atoms with E-state index in [1.807, 2.05) is 41.5 Å².